The van der Waals surface area contributed by atoms with E-state index >= 15 is 0 Å². The standard InChI is InChI=1S/C10H8ClNO3/c11-8-2-1-6(5-12-8)10(9(14)15)3-7(13)4-10/h1-2,5H,3-4H2,(H,14,15). The van der Waals surface area contributed by atoms with Crippen molar-refractivity contribution in [3.05, 3.63) is 29.0 Å². The van der Waals surface area contributed by atoms with Crippen LogP contribution in [-0.4, -0.2) is 21.8 Å². The van der Waals surface area contributed by atoms with Crippen molar-refractivity contribution in [1.29, 1.82) is 0 Å². The normalized spacial score (nSPS) is 18.3. The average molecular weight is 226 g/mol. The molecule has 0 atom stereocenters. The van der Waals surface area contributed by atoms with E-state index in [2.05, 4.69) is 4.98 Å². The molecule has 1 saturated carbocycles. The number of nitrogens with zero attached hydrogens (tertiary/aromatic N) is 1. The highest BCUT2D eigenvalue weighted by atomic mass is 35.5. The van der Waals surface area contributed by atoms with Crippen molar-refractivity contribution in [2.45, 2.75) is 18.3 Å². The summed E-state index contributed by atoms with van der Waals surface area (Å²) in [5.41, 5.74) is -0.534. The molecule has 1 aliphatic rings. The fraction of sp³-hybridized carbons (Fsp3) is 0.300. The molecule has 15 heavy (non-hydrogen) atoms. The predicted molar refractivity (Wildman–Crippen MR) is 52.8 cm³/mol. The molecule has 1 aliphatic carbocycles. The molecule has 0 saturated heterocycles. The molecule has 2 rings (SSSR count). The lowest BCUT2D eigenvalue weighted by molar-refractivity contribution is -0.153. The van der Waals surface area contributed by atoms with Crippen LogP contribution >= 0.6 is 11.6 Å². The second kappa shape index (κ2) is 3.31. The molecule has 1 fully saturated rings. The van der Waals surface area contributed by atoms with Gasteiger partial charge in [-0.15, -0.1) is 0 Å². The highest BCUT2D eigenvalue weighted by Gasteiger charge is 2.51. The van der Waals surface area contributed by atoms with Crippen molar-refractivity contribution < 1.29 is 14.7 Å². The molecular weight excluding hydrogens is 218 g/mol. The fourth-order valence-electron chi connectivity index (χ4n) is 1.76. The second-order valence-electron chi connectivity index (χ2n) is 3.65. The summed E-state index contributed by atoms with van der Waals surface area (Å²) in [6.45, 7) is 0. The number of aliphatic carboxylic acids is 1. The topological polar surface area (TPSA) is 67.3 Å². The number of ketones is 1. The maximum atomic E-state index is 11.1. The molecule has 0 spiro atoms. The largest absolute Gasteiger partial charge is 0.481 e. The molecule has 1 N–H and O–H groups in total. The van der Waals surface area contributed by atoms with Crippen molar-refractivity contribution >= 4 is 23.4 Å². The monoisotopic (exact) mass is 225 g/mol. The Bertz CT molecular complexity index is 419. The average Bonchev–Trinajstić information content (AvgIpc) is 2.13. The van der Waals surface area contributed by atoms with Crippen molar-refractivity contribution in [1.82, 2.24) is 4.98 Å². The summed E-state index contributed by atoms with van der Waals surface area (Å²) in [4.78, 5) is 25.9. The van der Waals surface area contributed by atoms with E-state index in [4.69, 9.17) is 16.7 Å². The first-order chi connectivity index (χ1) is 7.04. The third-order valence-corrected chi connectivity index (χ3v) is 2.91. The van der Waals surface area contributed by atoms with Gasteiger partial charge in [-0.1, -0.05) is 17.7 Å². The Hall–Kier alpha value is -1.42. The Morgan fingerprint density at radius 3 is 2.53 bits per heavy atom. The van der Waals surface area contributed by atoms with Gasteiger partial charge in [0, 0.05) is 19.0 Å². The summed E-state index contributed by atoms with van der Waals surface area (Å²) in [7, 11) is 0. The number of aromatic nitrogens is 1. The van der Waals surface area contributed by atoms with Crippen LogP contribution in [0.3, 0.4) is 0 Å². The first-order valence-electron chi connectivity index (χ1n) is 4.42. The number of hydrogen-bond acceptors (Lipinski definition) is 3. The molecule has 1 aromatic rings. The van der Waals surface area contributed by atoms with Crippen LogP contribution in [-0.2, 0) is 15.0 Å². The van der Waals surface area contributed by atoms with Crippen molar-refractivity contribution in [3.8, 4) is 0 Å². The Morgan fingerprint density at radius 1 is 1.47 bits per heavy atom. The van der Waals surface area contributed by atoms with Crippen molar-refractivity contribution in [3.63, 3.8) is 0 Å². The van der Waals surface area contributed by atoms with Gasteiger partial charge in [0.25, 0.3) is 0 Å². The molecular formula is C10H8ClNO3. The molecule has 78 valence electrons. The summed E-state index contributed by atoms with van der Waals surface area (Å²) >= 11 is 5.61. The van der Waals surface area contributed by atoms with E-state index in [1.165, 1.54) is 12.3 Å². The number of pyridine rings is 1. The summed E-state index contributed by atoms with van der Waals surface area (Å²) in [6, 6.07) is 3.14. The SMILES string of the molecule is O=C1CC(C(=O)O)(c2ccc(Cl)nc2)C1. The number of carbonyl (C=O) groups is 2. The molecule has 1 heterocycles. The van der Waals surface area contributed by atoms with E-state index in [9.17, 15) is 9.59 Å². The third-order valence-electron chi connectivity index (χ3n) is 2.69. The van der Waals surface area contributed by atoms with E-state index in [1.54, 1.807) is 6.07 Å². The van der Waals surface area contributed by atoms with Gasteiger partial charge in [0.05, 0.1) is 0 Å². The van der Waals surface area contributed by atoms with Crippen molar-refractivity contribution in [2.24, 2.45) is 0 Å². The van der Waals surface area contributed by atoms with E-state index in [0.717, 1.165) is 0 Å². The predicted octanol–water partition coefficient (Wildman–Crippen LogP) is 1.42. The van der Waals surface area contributed by atoms with Crippen LogP contribution in [0.5, 0.6) is 0 Å². The fourth-order valence-corrected chi connectivity index (χ4v) is 1.87. The van der Waals surface area contributed by atoms with Crippen LogP contribution in [0, 0.1) is 0 Å². The third kappa shape index (κ3) is 1.51. The van der Waals surface area contributed by atoms with Gasteiger partial charge < -0.3 is 5.11 Å². The molecule has 0 aromatic carbocycles. The number of hydrogen-bond donors (Lipinski definition) is 1. The summed E-state index contributed by atoms with van der Waals surface area (Å²) in [5, 5.41) is 9.42. The molecule has 0 unspecified atom stereocenters. The van der Waals surface area contributed by atoms with Crippen LogP contribution in [0.1, 0.15) is 18.4 Å². The minimum atomic E-state index is -1.07. The van der Waals surface area contributed by atoms with Gasteiger partial charge in [0.2, 0.25) is 0 Å². The highest BCUT2D eigenvalue weighted by molar-refractivity contribution is 6.29. The Labute approximate surface area is 90.9 Å². The van der Waals surface area contributed by atoms with Crippen molar-refractivity contribution in [2.75, 3.05) is 0 Å². The number of carboxylic acids is 1. The lowest BCUT2D eigenvalue weighted by atomic mass is 9.64. The van der Waals surface area contributed by atoms with Crippen LogP contribution in [0.2, 0.25) is 5.15 Å². The van der Waals surface area contributed by atoms with Gasteiger partial charge in [0.15, 0.2) is 0 Å². The first-order valence-corrected chi connectivity index (χ1v) is 4.79. The van der Waals surface area contributed by atoms with Crippen LogP contribution in [0.25, 0.3) is 0 Å². The zero-order chi connectivity index (χ0) is 11.1. The number of carbonyl (C=O) groups excluding carboxylic acids is 1. The van der Waals surface area contributed by atoms with E-state index in [0.29, 0.717) is 10.7 Å². The maximum absolute atomic E-state index is 11.1. The Kier molecular flexibility index (Phi) is 2.23. The summed E-state index contributed by atoms with van der Waals surface area (Å²) < 4.78 is 0. The molecule has 0 radical (unpaired) electrons. The molecule has 0 aliphatic heterocycles. The van der Waals surface area contributed by atoms with Crippen LogP contribution in [0.4, 0.5) is 0 Å². The second-order valence-corrected chi connectivity index (χ2v) is 4.04. The number of carboxylic acid groups (broad SMARTS) is 1. The smallest absolute Gasteiger partial charge is 0.315 e. The van der Waals surface area contributed by atoms with Gasteiger partial charge in [0.1, 0.15) is 16.4 Å². The number of rotatable bonds is 2. The summed E-state index contributed by atoms with van der Waals surface area (Å²) in [5.74, 6) is -1.02. The zero-order valence-electron chi connectivity index (χ0n) is 7.74. The number of Topliss-reactive ketones (excluding diaryl/α,β-unsaturated/α-hetero) is 1. The summed E-state index contributed by atoms with van der Waals surface area (Å²) in [6.07, 6.45) is 1.51. The highest BCUT2D eigenvalue weighted by Crippen LogP contribution is 2.41. The van der Waals surface area contributed by atoms with E-state index in [-0.39, 0.29) is 18.6 Å². The Balaban J connectivity index is 2.38. The van der Waals surface area contributed by atoms with Crippen LogP contribution in [0.15, 0.2) is 18.3 Å². The van der Waals surface area contributed by atoms with Gasteiger partial charge >= 0.3 is 5.97 Å². The zero-order valence-corrected chi connectivity index (χ0v) is 8.49. The molecule has 5 heteroatoms. The molecule has 1 aromatic heterocycles. The molecule has 4 nitrogen and oxygen atoms in total. The quantitative estimate of drug-likeness (QED) is 0.773. The lowest BCUT2D eigenvalue weighted by Crippen LogP contribution is -2.48. The first kappa shape index (κ1) is 10.1. The lowest BCUT2D eigenvalue weighted by Gasteiger charge is -2.36. The van der Waals surface area contributed by atoms with Gasteiger partial charge in [-0.25, -0.2) is 4.98 Å². The minimum Gasteiger partial charge on any atom is -0.481 e. The minimum absolute atomic E-state index is 0.0349. The van der Waals surface area contributed by atoms with Gasteiger partial charge in [-0.05, 0) is 11.6 Å². The Morgan fingerprint density at radius 2 is 2.13 bits per heavy atom. The maximum Gasteiger partial charge on any atom is 0.315 e. The van der Waals surface area contributed by atoms with E-state index in [1.807, 2.05) is 0 Å². The molecule has 0 bridgehead atoms. The molecule has 0 amide bonds. The van der Waals surface area contributed by atoms with Gasteiger partial charge in [-0.2, -0.15) is 0 Å². The van der Waals surface area contributed by atoms with Crippen LogP contribution < -0.4 is 0 Å². The van der Waals surface area contributed by atoms with Gasteiger partial charge in [-0.3, -0.25) is 9.59 Å². The number of halogens is 1. The van der Waals surface area contributed by atoms with E-state index < -0.39 is 11.4 Å².